The predicted molar refractivity (Wildman–Crippen MR) is 120 cm³/mol. The van der Waals surface area contributed by atoms with Crippen molar-refractivity contribution >= 4 is 17.3 Å². The van der Waals surface area contributed by atoms with E-state index >= 15 is 0 Å². The van der Waals surface area contributed by atoms with Crippen LogP contribution in [0.25, 0.3) is 0 Å². The highest BCUT2D eigenvalue weighted by molar-refractivity contribution is 6.01. The van der Waals surface area contributed by atoms with Crippen LogP contribution in [0.4, 0.5) is 5.69 Å². The number of hydrogen-bond acceptors (Lipinski definition) is 5. The molecule has 2 aromatic rings. The molecule has 6 nitrogen and oxygen atoms in total. The number of carbonyl (C=O) groups is 1. The minimum atomic E-state index is -0.0352. The summed E-state index contributed by atoms with van der Waals surface area (Å²) in [7, 11) is 1.65. The molecular weight excluding hydrogens is 378 g/mol. The number of nitrogens with zero attached hydrogens (tertiary/aromatic N) is 2. The summed E-state index contributed by atoms with van der Waals surface area (Å²) in [6.07, 6.45) is 1.99. The molecule has 30 heavy (non-hydrogen) atoms. The van der Waals surface area contributed by atoms with E-state index in [2.05, 4.69) is 10.3 Å². The predicted octanol–water partition coefficient (Wildman–Crippen LogP) is 4.69. The normalized spacial score (nSPS) is 13.8. The monoisotopic (exact) mass is 409 g/mol. The number of ether oxygens (including phenoxy) is 2. The van der Waals surface area contributed by atoms with Crippen molar-refractivity contribution in [1.82, 2.24) is 5.01 Å². The molecule has 1 aliphatic rings. The Morgan fingerprint density at radius 1 is 1.17 bits per heavy atom. The summed E-state index contributed by atoms with van der Waals surface area (Å²) in [5.74, 6) is 1.47. The Balaban J connectivity index is 1.70. The van der Waals surface area contributed by atoms with Crippen molar-refractivity contribution in [3.05, 3.63) is 53.6 Å². The maximum Gasteiger partial charge on any atom is 0.226 e. The van der Waals surface area contributed by atoms with E-state index in [0.717, 1.165) is 60.0 Å². The van der Waals surface area contributed by atoms with Crippen LogP contribution in [0.15, 0.2) is 47.6 Å². The van der Waals surface area contributed by atoms with Gasteiger partial charge in [0, 0.05) is 23.7 Å². The average Bonchev–Trinajstić information content (AvgIpc) is 2.75. The van der Waals surface area contributed by atoms with Gasteiger partial charge in [0.05, 0.1) is 26.0 Å². The molecule has 1 amide bonds. The summed E-state index contributed by atoms with van der Waals surface area (Å²) in [5, 5.41) is 9.91. The fourth-order valence-electron chi connectivity index (χ4n) is 3.33. The number of methoxy groups -OCH3 is 1. The molecule has 160 valence electrons. The lowest BCUT2D eigenvalue weighted by Gasteiger charge is -2.26. The van der Waals surface area contributed by atoms with Crippen LogP contribution < -0.4 is 14.8 Å². The van der Waals surface area contributed by atoms with Gasteiger partial charge in [0.15, 0.2) is 11.5 Å². The number of benzene rings is 2. The zero-order valence-corrected chi connectivity index (χ0v) is 18.3. The van der Waals surface area contributed by atoms with Crippen molar-refractivity contribution in [1.29, 1.82) is 0 Å². The Kier molecular flexibility index (Phi) is 7.33. The number of nitrogens with one attached hydrogen (secondary N) is 1. The van der Waals surface area contributed by atoms with Gasteiger partial charge in [-0.05, 0) is 55.7 Å². The summed E-state index contributed by atoms with van der Waals surface area (Å²) in [6.45, 7) is 7.98. The lowest BCUT2D eigenvalue weighted by molar-refractivity contribution is -0.118. The molecule has 0 radical (unpaired) electrons. The van der Waals surface area contributed by atoms with Crippen LogP contribution >= 0.6 is 0 Å². The number of amides is 1. The maximum absolute atomic E-state index is 11.8. The van der Waals surface area contributed by atoms with Crippen LogP contribution in [-0.4, -0.2) is 36.9 Å². The van der Waals surface area contributed by atoms with E-state index in [9.17, 15) is 4.79 Å². The summed E-state index contributed by atoms with van der Waals surface area (Å²) in [5.41, 5.74) is 4.11. The van der Waals surface area contributed by atoms with Crippen molar-refractivity contribution in [3.63, 3.8) is 0 Å². The van der Waals surface area contributed by atoms with Crippen LogP contribution in [0, 0.1) is 5.92 Å². The molecule has 1 heterocycles. The summed E-state index contributed by atoms with van der Waals surface area (Å²) >= 11 is 0. The first-order valence-corrected chi connectivity index (χ1v) is 10.5. The fraction of sp³-hybridized carbons (Fsp3) is 0.417. The lowest BCUT2D eigenvalue weighted by atomic mass is 10.0. The molecular formula is C24H31N3O3. The molecule has 0 bridgehead atoms. The van der Waals surface area contributed by atoms with Gasteiger partial charge in [-0.1, -0.05) is 26.0 Å². The molecule has 0 aromatic heterocycles. The molecule has 6 heteroatoms. The molecule has 0 saturated heterocycles. The second kappa shape index (κ2) is 10.1. The number of anilines is 1. The second-order valence-electron chi connectivity index (χ2n) is 7.68. The molecule has 0 aliphatic carbocycles. The van der Waals surface area contributed by atoms with Crippen LogP contribution in [-0.2, 0) is 11.3 Å². The number of rotatable bonds is 8. The second-order valence-corrected chi connectivity index (χ2v) is 7.68. The Hall–Kier alpha value is -3.02. The molecule has 2 aromatic carbocycles. The molecule has 0 atom stereocenters. The van der Waals surface area contributed by atoms with E-state index < -0.39 is 0 Å². The van der Waals surface area contributed by atoms with Gasteiger partial charge in [-0.3, -0.25) is 9.80 Å². The quantitative estimate of drug-likeness (QED) is 0.687. The van der Waals surface area contributed by atoms with Crippen molar-refractivity contribution in [2.24, 2.45) is 11.0 Å². The van der Waals surface area contributed by atoms with Crippen LogP contribution in [0.3, 0.4) is 0 Å². The molecule has 0 spiro atoms. The van der Waals surface area contributed by atoms with Gasteiger partial charge < -0.3 is 14.8 Å². The van der Waals surface area contributed by atoms with E-state index in [-0.39, 0.29) is 11.8 Å². The third kappa shape index (κ3) is 5.53. The van der Waals surface area contributed by atoms with Crippen LogP contribution in [0.1, 0.15) is 44.7 Å². The van der Waals surface area contributed by atoms with Gasteiger partial charge >= 0.3 is 0 Å². The topological polar surface area (TPSA) is 63.2 Å². The highest BCUT2D eigenvalue weighted by Crippen LogP contribution is 2.29. The van der Waals surface area contributed by atoms with Gasteiger partial charge in [0.2, 0.25) is 5.91 Å². The minimum absolute atomic E-state index is 0.0268. The van der Waals surface area contributed by atoms with Crippen LogP contribution in [0.5, 0.6) is 11.5 Å². The summed E-state index contributed by atoms with van der Waals surface area (Å²) in [6, 6.07) is 14.0. The fourth-order valence-corrected chi connectivity index (χ4v) is 3.33. The van der Waals surface area contributed by atoms with Gasteiger partial charge in [-0.15, -0.1) is 0 Å². The molecule has 1 aliphatic heterocycles. The largest absolute Gasteiger partial charge is 0.493 e. The Morgan fingerprint density at radius 3 is 2.60 bits per heavy atom. The Labute approximate surface area is 178 Å². The van der Waals surface area contributed by atoms with E-state index in [1.54, 1.807) is 7.11 Å². The molecule has 1 N–H and O–H groups in total. The smallest absolute Gasteiger partial charge is 0.226 e. The molecule has 0 saturated carbocycles. The first kappa shape index (κ1) is 21.7. The zero-order chi connectivity index (χ0) is 21.5. The highest BCUT2D eigenvalue weighted by atomic mass is 16.5. The summed E-state index contributed by atoms with van der Waals surface area (Å²) in [4.78, 5) is 11.8. The Morgan fingerprint density at radius 2 is 1.93 bits per heavy atom. The minimum Gasteiger partial charge on any atom is -0.493 e. The highest BCUT2D eigenvalue weighted by Gasteiger charge is 2.16. The first-order valence-electron chi connectivity index (χ1n) is 10.5. The van der Waals surface area contributed by atoms with Gasteiger partial charge in [0.1, 0.15) is 0 Å². The van der Waals surface area contributed by atoms with Gasteiger partial charge in [0.25, 0.3) is 0 Å². The third-order valence-corrected chi connectivity index (χ3v) is 5.00. The summed E-state index contributed by atoms with van der Waals surface area (Å²) < 4.78 is 11.1. The Bertz CT molecular complexity index is 891. The van der Waals surface area contributed by atoms with Crippen LogP contribution in [0.2, 0.25) is 0 Å². The number of carbonyl (C=O) groups excluding carboxylic acids is 1. The third-order valence-electron chi connectivity index (χ3n) is 5.00. The molecule has 3 rings (SSSR count). The number of hydrazone groups is 1. The van der Waals surface area contributed by atoms with E-state index in [4.69, 9.17) is 14.6 Å². The number of hydrogen-bond donors (Lipinski definition) is 1. The van der Waals surface area contributed by atoms with E-state index in [1.807, 2.05) is 63.2 Å². The van der Waals surface area contributed by atoms with E-state index in [0.29, 0.717) is 6.61 Å². The van der Waals surface area contributed by atoms with E-state index in [1.165, 1.54) is 0 Å². The molecule has 0 fully saturated rings. The standard InChI is InChI=1S/C24H31N3O3/c1-5-30-23-15-19(10-13-22(23)29-4)21-7-6-14-27(26-21)16-18-8-11-20(12-9-18)25-24(28)17(2)3/h8-13,15,17H,5-7,14,16H2,1-4H3,(H,25,28). The van der Waals surface area contributed by atoms with Crippen molar-refractivity contribution in [2.75, 3.05) is 25.6 Å². The van der Waals surface area contributed by atoms with Gasteiger partial charge in [-0.2, -0.15) is 5.10 Å². The van der Waals surface area contributed by atoms with Crippen molar-refractivity contribution in [2.45, 2.75) is 40.2 Å². The zero-order valence-electron chi connectivity index (χ0n) is 18.3. The maximum atomic E-state index is 11.8. The lowest BCUT2D eigenvalue weighted by Crippen LogP contribution is -2.26. The SMILES string of the molecule is CCOc1cc(C2=NN(Cc3ccc(NC(=O)C(C)C)cc3)CCC2)ccc1OC. The molecule has 0 unspecified atom stereocenters. The average molecular weight is 410 g/mol. The van der Waals surface area contributed by atoms with Crippen molar-refractivity contribution in [3.8, 4) is 11.5 Å². The first-order chi connectivity index (χ1) is 14.5. The van der Waals surface area contributed by atoms with Gasteiger partial charge in [-0.25, -0.2) is 0 Å². The van der Waals surface area contributed by atoms with Crippen molar-refractivity contribution < 1.29 is 14.3 Å².